The van der Waals surface area contributed by atoms with Crippen molar-refractivity contribution in [1.82, 2.24) is 4.90 Å². The van der Waals surface area contributed by atoms with Crippen molar-refractivity contribution in [2.24, 2.45) is 23.5 Å². The Hall–Kier alpha value is -1.32. The minimum Gasteiger partial charge on any atom is -0.370 e. The first kappa shape index (κ1) is 13.7. The standard InChI is InChI=1S/C16H24N2O2/c17-15(19)9-11-5-7-18(8-6-11)16(20)10-14(12-1-2-12)13-3-4-13/h10-13H,1-9H2,(H2,17,19). The van der Waals surface area contributed by atoms with Gasteiger partial charge in [-0.05, 0) is 56.3 Å². The van der Waals surface area contributed by atoms with Gasteiger partial charge in [0.25, 0.3) is 0 Å². The predicted molar refractivity (Wildman–Crippen MR) is 76.6 cm³/mol. The Morgan fingerprint density at radius 1 is 1.00 bits per heavy atom. The lowest BCUT2D eigenvalue weighted by atomic mass is 9.93. The summed E-state index contributed by atoms with van der Waals surface area (Å²) in [4.78, 5) is 25.2. The number of carbonyl (C=O) groups is 2. The van der Waals surface area contributed by atoms with Gasteiger partial charge >= 0.3 is 0 Å². The van der Waals surface area contributed by atoms with E-state index in [9.17, 15) is 9.59 Å². The summed E-state index contributed by atoms with van der Waals surface area (Å²) in [5, 5.41) is 0. The maximum atomic E-state index is 12.4. The fourth-order valence-corrected chi connectivity index (χ4v) is 3.28. The third-order valence-electron chi connectivity index (χ3n) is 4.80. The van der Waals surface area contributed by atoms with Crippen LogP contribution in [-0.4, -0.2) is 29.8 Å². The summed E-state index contributed by atoms with van der Waals surface area (Å²) in [7, 11) is 0. The van der Waals surface area contributed by atoms with E-state index in [0.717, 1.165) is 25.9 Å². The molecule has 20 heavy (non-hydrogen) atoms. The van der Waals surface area contributed by atoms with Crippen LogP contribution in [-0.2, 0) is 9.59 Å². The molecule has 3 aliphatic rings. The van der Waals surface area contributed by atoms with E-state index in [4.69, 9.17) is 5.73 Å². The number of amides is 2. The number of hydrogen-bond acceptors (Lipinski definition) is 2. The molecule has 4 nitrogen and oxygen atoms in total. The van der Waals surface area contributed by atoms with Crippen molar-refractivity contribution in [1.29, 1.82) is 0 Å². The lowest BCUT2D eigenvalue weighted by Gasteiger charge is -2.31. The monoisotopic (exact) mass is 276 g/mol. The van der Waals surface area contributed by atoms with Crippen LogP contribution in [0.15, 0.2) is 11.6 Å². The van der Waals surface area contributed by atoms with Gasteiger partial charge in [0.2, 0.25) is 11.8 Å². The van der Waals surface area contributed by atoms with Crippen LogP contribution in [0.2, 0.25) is 0 Å². The highest BCUT2D eigenvalue weighted by atomic mass is 16.2. The molecule has 0 atom stereocenters. The molecule has 0 bridgehead atoms. The number of nitrogens with zero attached hydrogens (tertiary/aromatic N) is 1. The summed E-state index contributed by atoms with van der Waals surface area (Å²) in [6.07, 6.45) is 9.31. The van der Waals surface area contributed by atoms with Gasteiger partial charge in [0.05, 0.1) is 0 Å². The van der Waals surface area contributed by atoms with Gasteiger partial charge in [-0.1, -0.05) is 5.57 Å². The smallest absolute Gasteiger partial charge is 0.246 e. The highest BCUT2D eigenvalue weighted by Crippen LogP contribution is 2.48. The first-order valence-corrected chi connectivity index (χ1v) is 7.92. The maximum Gasteiger partial charge on any atom is 0.246 e. The van der Waals surface area contributed by atoms with Crippen LogP contribution in [0.3, 0.4) is 0 Å². The minimum atomic E-state index is -0.223. The molecule has 0 aromatic carbocycles. The zero-order valence-electron chi connectivity index (χ0n) is 12.0. The van der Waals surface area contributed by atoms with Crippen LogP contribution >= 0.6 is 0 Å². The van der Waals surface area contributed by atoms with Crippen LogP contribution in [0.1, 0.15) is 44.9 Å². The number of nitrogens with two attached hydrogens (primary N) is 1. The molecule has 2 amide bonds. The molecular weight excluding hydrogens is 252 g/mol. The van der Waals surface area contributed by atoms with E-state index < -0.39 is 0 Å². The topological polar surface area (TPSA) is 63.4 Å². The maximum absolute atomic E-state index is 12.4. The van der Waals surface area contributed by atoms with Crippen LogP contribution in [0, 0.1) is 17.8 Å². The molecule has 1 saturated heterocycles. The first-order chi connectivity index (χ1) is 9.63. The summed E-state index contributed by atoms with van der Waals surface area (Å²) in [6.45, 7) is 1.55. The Balaban J connectivity index is 1.53. The molecule has 0 radical (unpaired) electrons. The minimum absolute atomic E-state index is 0.191. The average Bonchev–Trinajstić information content (AvgIpc) is 3.28. The Morgan fingerprint density at radius 3 is 2.00 bits per heavy atom. The van der Waals surface area contributed by atoms with Crippen LogP contribution in [0.4, 0.5) is 0 Å². The molecule has 3 fully saturated rings. The lowest BCUT2D eigenvalue weighted by Crippen LogP contribution is -2.38. The Labute approximate surface area is 120 Å². The van der Waals surface area contributed by atoms with Gasteiger partial charge in [-0.2, -0.15) is 0 Å². The highest BCUT2D eigenvalue weighted by molar-refractivity contribution is 5.88. The summed E-state index contributed by atoms with van der Waals surface area (Å²) in [5.41, 5.74) is 6.66. The van der Waals surface area contributed by atoms with Crippen molar-refractivity contribution in [3.63, 3.8) is 0 Å². The normalized spacial score (nSPS) is 23.5. The Kier molecular flexibility index (Phi) is 3.81. The molecule has 3 rings (SSSR count). The number of hydrogen-bond donors (Lipinski definition) is 1. The summed E-state index contributed by atoms with van der Waals surface area (Å²) < 4.78 is 0. The number of allylic oxidation sites excluding steroid dienone is 1. The average molecular weight is 276 g/mol. The van der Waals surface area contributed by atoms with E-state index in [0.29, 0.717) is 24.2 Å². The third-order valence-corrected chi connectivity index (χ3v) is 4.80. The second-order valence-electron chi connectivity index (χ2n) is 6.63. The number of piperidine rings is 1. The summed E-state index contributed by atoms with van der Waals surface area (Å²) >= 11 is 0. The molecule has 1 aliphatic heterocycles. The van der Waals surface area contributed by atoms with Gasteiger partial charge in [0.15, 0.2) is 0 Å². The number of primary amides is 1. The van der Waals surface area contributed by atoms with Gasteiger partial charge in [-0.3, -0.25) is 9.59 Å². The SMILES string of the molecule is NC(=O)CC1CCN(C(=O)C=C(C2CC2)C2CC2)CC1. The van der Waals surface area contributed by atoms with Crippen molar-refractivity contribution in [2.45, 2.75) is 44.9 Å². The molecule has 4 heteroatoms. The lowest BCUT2D eigenvalue weighted by molar-refractivity contribution is -0.127. The molecule has 1 heterocycles. The van der Waals surface area contributed by atoms with Gasteiger partial charge in [-0.15, -0.1) is 0 Å². The van der Waals surface area contributed by atoms with E-state index in [1.165, 1.54) is 31.3 Å². The van der Waals surface area contributed by atoms with E-state index in [1.807, 2.05) is 11.0 Å². The van der Waals surface area contributed by atoms with Gasteiger partial charge in [-0.25, -0.2) is 0 Å². The van der Waals surface area contributed by atoms with Crippen molar-refractivity contribution < 1.29 is 9.59 Å². The Morgan fingerprint density at radius 2 is 1.55 bits per heavy atom. The molecule has 2 aliphatic carbocycles. The molecule has 2 N–H and O–H groups in total. The second kappa shape index (κ2) is 5.58. The van der Waals surface area contributed by atoms with Gasteiger partial charge in [0, 0.05) is 25.6 Å². The van der Waals surface area contributed by atoms with Gasteiger partial charge < -0.3 is 10.6 Å². The van der Waals surface area contributed by atoms with Gasteiger partial charge in [0.1, 0.15) is 0 Å². The van der Waals surface area contributed by atoms with Crippen molar-refractivity contribution in [3.8, 4) is 0 Å². The van der Waals surface area contributed by atoms with Crippen LogP contribution in [0.25, 0.3) is 0 Å². The fourth-order valence-electron chi connectivity index (χ4n) is 3.28. The van der Waals surface area contributed by atoms with E-state index in [-0.39, 0.29) is 11.8 Å². The molecule has 0 aromatic heterocycles. The van der Waals surface area contributed by atoms with Crippen LogP contribution in [0.5, 0.6) is 0 Å². The quantitative estimate of drug-likeness (QED) is 0.779. The summed E-state index contributed by atoms with van der Waals surface area (Å²) in [5.74, 6) is 1.75. The van der Waals surface area contributed by atoms with E-state index >= 15 is 0 Å². The largest absolute Gasteiger partial charge is 0.370 e. The van der Waals surface area contributed by atoms with Crippen molar-refractivity contribution in [2.75, 3.05) is 13.1 Å². The molecule has 0 spiro atoms. The molecule has 0 unspecified atom stereocenters. The second-order valence-corrected chi connectivity index (χ2v) is 6.63. The number of carbonyl (C=O) groups excluding carboxylic acids is 2. The predicted octanol–water partition coefficient (Wildman–Crippen LogP) is 1.85. The number of rotatable bonds is 5. The Bertz CT molecular complexity index is 414. The molecular formula is C16H24N2O2. The van der Waals surface area contributed by atoms with Crippen LogP contribution < -0.4 is 5.73 Å². The number of likely N-dealkylation sites (tertiary alicyclic amines) is 1. The van der Waals surface area contributed by atoms with E-state index in [2.05, 4.69) is 0 Å². The third kappa shape index (κ3) is 3.41. The van der Waals surface area contributed by atoms with Crippen molar-refractivity contribution in [3.05, 3.63) is 11.6 Å². The van der Waals surface area contributed by atoms with E-state index in [1.54, 1.807) is 0 Å². The fraction of sp³-hybridized carbons (Fsp3) is 0.750. The molecule has 0 aromatic rings. The first-order valence-electron chi connectivity index (χ1n) is 7.92. The van der Waals surface area contributed by atoms with Crippen molar-refractivity contribution >= 4 is 11.8 Å². The highest BCUT2D eigenvalue weighted by Gasteiger charge is 2.37. The summed E-state index contributed by atoms with van der Waals surface area (Å²) in [6, 6.07) is 0. The zero-order chi connectivity index (χ0) is 14.1. The molecule has 110 valence electrons. The molecule has 2 saturated carbocycles. The zero-order valence-corrected chi connectivity index (χ0v) is 12.0.